The minimum atomic E-state index is -3.56. The second kappa shape index (κ2) is 7.16. The van der Waals surface area contributed by atoms with E-state index in [-0.39, 0.29) is 17.2 Å². The number of hydrogen-bond donors (Lipinski definition) is 1. The third-order valence-electron chi connectivity index (χ3n) is 3.10. The summed E-state index contributed by atoms with van der Waals surface area (Å²) in [6.45, 7) is 2.01. The minimum Gasteiger partial charge on any atom is -0.353 e. The Bertz CT molecular complexity index is 800. The van der Waals surface area contributed by atoms with Gasteiger partial charge in [0.2, 0.25) is 15.2 Å². The van der Waals surface area contributed by atoms with Gasteiger partial charge < -0.3 is 5.32 Å². The van der Waals surface area contributed by atoms with Crippen molar-refractivity contribution in [2.24, 2.45) is 0 Å². The standard InChI is InChI=1S/C14H18N4O3S2/c1-4-13-16-17-14(22-13)15-9-12(19)10-6-5-7-11(8-10)23(20,21)18(2)3/h5-8H,4,9H2,1-3H3,(H,15,17). The molecule has 0 aliphatic rings. The summed E-state index contributed by atoms with van der Waals surface area (Å²) in [6, 6.07) is 6.01. The van der Waals surface area contributed by atoms with Crippen LogP contribution in [-0.2, 0) is 16.4 Å². The van der Waals surface area contributed by atoms with Crippen LogP contribution in [0.25, 0.3) is 0 Å². The molecule has 1 aromatic heterocycles. The van der Waals surface area contributed by atoms with Gasteiger partial charge in [-0.3, -0.25) is 4.79 Å². The van der Waals surface area contributed by atoms with Gasteiger partial charge >= 0.3 is 0 Å². The highest BCUT2D eigenvalue weighted by atomic mass is 32.2. The third-order valence-corrected chi connectivity index (χ3v) is 5.94. The van der Waals surface area contributed by atoms with Gasteiger partial charge in [-0.05, 0) is 18.6 Å². The van der Waals surface area contributed by atoms with Gasteiger partial charge in [-0.2, -0.15) is 0 Å². The van der Waals surface area contributed by atoms with E-state index in [1.165, 1.54) is 37.6 Å². The fourth-order valence-electron chi connectivity index (χ4n) is 1.77. The fourth-order valence-corrected chi connectivity index (χ4v) is 3.39. The molecule has 0 amide bonds. The molecule has 0 bridgehead atoms. The van der Waals surface area contributed by atoms with Gasteiger partial charge in [0.15, 0.2) is 5.78 Å². The Morgan fingerprint density at radius 2 is 2.04 bits per heavy atom. The Balaban J connectivity index is 2.11. The quantitative estimate of drug-likeness (QED) is 0.760. The van der Waals surface area contributed by atoms with Crippen molar-refractivity contribution in [3.63, 3.8) is 0 Å². The molecular formula is C14H18N4O3S2. The maximum atomic E-state index is 12.2. The van der Waals surface area contributed by atoms with Crippen molar-refractivity contribution < 1.29 is 13.2 Å². The van der Waals surface area contributed by atoms with E-state index < -0.39 is 10.0 Å². The molecule has 1 aromatic carbocycles. The van der Waals surface area contributed by atoms with Gasteiger partial charge in [0.05, 0.1) is 11.4 Å². The number of nitrogens with one attached hydrogen (secondary N) is 1. The SMILES string of the molecule is CCc1nnc(NCC(=O)c2cccc(S(=O)(=O)N(C)C)c2)s1. The van der Waals surface area contributed by atoms with Crippen molar-refractivity contribution >= 4 is 32.3 Å². The Hall–Kier alpha value is -1.84. The fraction of sp³-hybridized carbons (Fsp3) is 0.357. The average Bonchev–Trinajstić information content (AvgIpc) is 3.00. The van der Waals surface area contributed by atoms with Crippen molar-refractivity contribution in [1.82, 2.24) is 14.5 Å². The van der Waals surface area contributed by atoms with Gasteiger partial charge in [-0.25, -0.2) is 12.7 Å². The van der Waals surface area contributed by atoms with E-state index >= 15 is 0 Å². The van der Waals surface area contributed by atoms with Gasteiger partial charge in [0.25, 0.3) is 0 Å². The van der Waals surface area contributed by atoms with Crippen molar-refractivity contribution in [3.05, 3.63) is 34.8 Å². The molecule has 7 nitrogen and oxygen atoms in total. The Kier molecular flexibility index (Phi) is 5.45. The Morgan fingerprint density at radius 1 is 1.30 bits per heavy atom. The lowest BCUT2D eigenvalue weighted by molar-refractivity contribution is 0.101. The summed E-state index contributed by atoms with van der Waals surface area (Å²) in [5, 5.41) is 12.3. The molecule has 0 spiro atoms. The van der Waals surface area contributed by atoms with Crippen LogP contribution in [0.2, 0.25) is 0 Å². The molecule has 0 aliphatic carbocycles. The second-order valence-corrected chi connectivity index (χ2v) is 8.16. The molecule has 0 saturated carbocycles. The number of aromatic nitrogens is 2. The normalized spacial score (nSPS) is 11.7. The maximum Gasteiger partial charge on any atom is 0.242 e. The van der Waals surface area contributed by atoms with Crippen LogP contribution in [0, 0.1) is 0 Å². The first kappa shape index (κ1) is 17.5. The van der Waals surface area contributed by atoms with E-state index in [2.05, 4.69) is 15.5 Å². The second-order valence-electron chi connectivity index (χ2n) is 4.95. The number of rotatable bonds is 7. The summed E-state index contributed by atoms with van der Waals surface area (Å²) in [4.78, 5) is 12.3. The van der Waals surface area contributed by atoms with Crippen molar-refractivity contribution in [1.29, 1.82) is 0 Å². The molecule has 1 N–H and O–H groups in total. The Morgan fingerprint density at radius 3 is 2.65 bits per heavy atom. The molecule has 2 rings (SSSR count). The number of sulfonamides is 1. The summed E-state index contributed by atoms with van der Waals surface area (Å²) in [5.74, 6) is -0.214. The number of carbonyl (C=O) groups excluding carboxylic acids is 1. The molecule has 0 unspecified atom stereocenters. The number of hydrogen-bond acceptors (Lipinski definition) is 7. The zero-order valence-corrected chi connectivity index (χ0v) is 14.7. The number of anilines is 1. The van der Waals surface area contributed by atoms with Crippen LogP contribution in [0.15, 0.2) is 29.2 Å². The molecular weight excluding hydrogens is 336 g/mol. The van der Waals surface area contributed by atoms with Gasteiger partial charge in [0, 0.05) is 19.7 Å². The number of ketones is 1. The van der Waals surface area contributed by atoms with E-state index in [1.54, 1.807) is 12.1 Å². The summed E-state index contributed by atoms with van der Waals surface area (Å²) < 4.78 is 25.3. The zero-order chi connectivity index (χ0) is 17.0. The van der Waals surface area contributed by atoms with E-state index in [0.717, 1.165) is 15.7 Å². The average molecular weight is 354 g/mol. The van der Waals surface area contributed by atoms with Crippen LogP contribution in [0.3, 0.4) is 0 Å². The molecule has 9 heteroatoms. The predicted molar refractivity (Wildman–Crippen MR) is 89.4 cm³/mol. The number of benzene rings is 1. The smallest absolute Gasteiger partial charge is 0.242 e. The first-order valence-electron chi connectivity index (χ1n) is 6.96. The monoisotopic (exact) mass is 354 g/mol. The molecule has 0 fully saturated rings. The van der Waals surface area contributed by atoms with Gasteiger partial charge in [0.1, 0.15) is 5.01 Å². The Labute approximate surface area is 139 Å². The summed E-state index contributed by atoms with van der Waals surface area (Å²) in [6.07, 6.45) is 0.789. The zero-order valence-electron chi connectivity index (χ0n) is 13.1. The van der Waals surface area contributed by atoms with Crippen LogP contribution >= 0.6 is 11.3 Å². The molecule has 0 radical (unpaired) electrons. The highest BCUT2D eigenvalue weighted by Crippen LogP contribution is 2.17. The largest absolute Gasteiger partial charge is 0.353 e. The highest BCUT2D eigenvalue weighted by molar-refractivity contribution is 7.89. The number of aryl methyl sites for hydroxylation is 1. The highest BCUT2D eigenvalue weighted by Gasteiger charge is 2.18. The van der Waals surface area contributed by atoms with Crippen molar-refractivity contribution in [2.75, 3.05) is 26.0 Å². The number of carbonyl (C=O) groups is 1. The van der Waals surface area contributed by atoms with Crippen LogP contribution < -0.4 is 5.32 Å². The molecule has 0 atom stereocenters. The lowest BCUT2D eigenvalue weighted by Gasteiger charge is -2.12. The summed E-state index contributed by atoms with van der Waals surface area (Å²) in [7, 11) is -0.659. The molecule has 0 saturated heterocycles. The van der Waals surface area contributed by atoms with Crippen molar-refractivity contribution in [3.8, 4) is 0 Å². The lowest BCUT2D eigenvalue weighted by Crippen LogP contribution is -2.22. The summed E-state index contributed by atoms with van der Waals surface area (Å²) >= 11 is 1.39. The van der Waals surface area contributed by atoms with Crippen LogP contribution in [0.5, 0.6) is 0 Å². The molecule has 0 aliphatic heterocycles. The molecule has 23 heavy (non-hydrogen) atoms. The first-order valence-corrected chi connectivity index (χ1v) is 9.22. The van der Waals surface area contributed by atoms with Gasteiger partial charge in [-0.15, -0.1) is 10.2 Å². The first-order chi connectivity index (χ1) is 10.8. The van der Waals surface area contributed by atoms with Crippen LogP contribution in [0.1, 0.15) is 22.3 Å². The third kappa shape index (κ3) is 4.12. The van der Waals surface area contributed by atoms with Crippen molar-refractivity contribution in [2.45, 2.75) is 18.2 Å². The lowest BCUT2D eigenvalue weighted by atomic mass is 10.1. The van der Waals surface area contributed by atoms with E-state index in [1.807, 2.05) is 6.92 Å². The predicted octanol–water partition coefficient (Wildman–Crippen LogP) is 1.65. The van der Waals surface area contributed by atoms with E-state index in [0.29, 0.717) is 10.7 Å². The maximum absolute atomic E-state index is 12.2. The molecule has 124 valence electrons. The van der Waals surface area contributed by atoms with Crippen LogP contribution in [0.4, 0.5) is 5.13 Å². The van der Waals surface area contributed by atoms with E-state index in [4.69, 9.17) is 0 Å². The van der Waals surface area contributed by atoms with Crippen LogP contribution in [-0.4, -0.2) is 49.3 Å². The molecule has 1 heterocycles. The van der Waals surface area contributed by atoms with E-state index in [9.17, 15) is 13.2 Å². The number of nitrogens with zero attached hydrogens (tertiary/aromatic N) is 3. The summed E-state index contributed by atoms with van der Waals surface area (Å²) in [5.41, 5.74) is 0.334. The molecule has 2 aromatic rings. The number of Topliss-reactive ketones (excluding diaryl/α,β-unsaturated/α-hetero) is 1. The topological polar surface area (TPSA) is 92.3 Å². The van der Waals surface area contributed by atoms with Gasteiger partial charge in [-0.1, -0.05) is 30.4 Å². The minimum absolute atomic E-state index is 0.0316.